The number of rotatable bonds is 2. The van der Waals surface area contributed by atoms with Gasteiger partial charge >= 0.3 is 0 Å². The molecule has 3 atom stereocenters. The number of hydrogen-bond donors (Lipinski definition) is 1. The van der Waals surface area contributed by atoms with Crippen LogP contribution >= 0.6 is 11.6 Å². The molecule has 0 aromatic carbocycles. The average Bonchev–Trinajstić information content (AvgIpc) is 2.96. The van der Waals surface area contributed by atoms with E-state index < -0.39 is 0 Å². The van der Waals surface area contributed by atoms with E-state index in [4.69, 9.17) is 11.6 Å². The molecule has 20 heavy (non-hydrogen) atoms. The van der Waals surface area contributed by atoms with Crippen LogP contribution in [0.5, 0.6) is 0 Å². The molecule has 2 aliphatic rings. The van der Waals surface area contributed by atoms with E-state index in [1.54, 1.807) is 6.20 Å². The van der Waals surface area contributed by atoms with Crippen LogP contribution in [-0.2, 0) is 0 Å². The predicted octanol–water partition coefficient (Wildman–Crippen LogP) is 1.52. The Labute approximate surface area is 123 Å². The Hall–Kier alpha value is -1.07. The van der Waals surface area contributed by atoms with Crippen molar-refractivity contribution in [3.05, 3.63) is 21.6 Å². The van der Waals surface area contributed by atoms with Crippen molar-refractivity contribution in [1.29, 1.82) is 0 Å². The molecule has 2 fully saturated rings. The number of aromatic nitrogens is 2. The first-order chi connectivity index (χ1) is 9.50. The smallest absolute Gasteiger partial charge is 0.287 e. The highest BCUT2D eigenvalue weighted by Gasteiger charge is 2.42. The monoisotopic (exact) mass is 296 g/mol. The second kappa shape index (κ2) is 5.04. The van der Waals surface area contributed by atoms with E-state index in [0.29, 0.717) is 22.9 Å². The lowest BCUT2D eigenvalue weighted by molar-refractivity contribution is 0.470. The minimum Gasteiger partial charge on any atom is -0.365 e. The summed E-state index contributed by atoms with van der Waals surface area (Å²) in [5.74, 6) is 1.28. The second-order valence-electron chi connectivity index (χ2n) is 6.16. The summed E-state index contributed by atoms with van der Waals surface area (Å²) in [4.78, 5) is 14.5. The van der Waals surface area contributed by atoms with Gasteiger partial charge in [0.1, 0.15) is 5.02 Å². The van der Waals surface area contributed by atoms with E-state index in [-0.39, 0.29) is 11.6 Å². The van der Waals surface area contributed by atoms with Crippen LogP contribution in [0.2, 0.25) is 5.02 Å². The molecule has 1 aromatic heterocycles. The number of fused-ring (bicyclic) bond motifs is 1. The van der Waals surface area contributed by atoms with Crippen molar-refractivity contribution >= 4 is 17.3 Å². The lowest BCUT2D eigenvalue weighted by Gasteiger charge is -2.27. The molecule has 0 amide bonds. The Balaban J connectivity index is 1.96. The van der Waals surface area contributed by atoms with Gasteiger partial charge in [-0.05, 0) is 32.6 Å². The minimum absolute atomic E-state index is 0.0219. The van der Waals surface area contributed by atoms with Gasteiger partial charge in [0.05, 0.1) is 17.9 Å². The highest BCUT2D eigenvalue weighted by Crippen LogP contribution is 2.37. The molecule has 6 heteroatoms. The van der Waals surface area contributed by atoms with Gasteiger partial charge in [-0.1, -0.05) is 11.6 Å². The molecule has 0 aliphatic carbocycles. The van der Waals surface area contributed by atoms with Crippen molar-refractivity contribution in [3.63, 3.8) is 0 Å². The van der Waals surface area contributed by atoms with Crippen LogP contribution in [0.1, 0.15) is 26.8 Å². The fraction of sp³-hybridized carbons (Fsp3) is 0.714. The van der Waals surface area contributed by atoms with Crippen LogP contribution in [0, 0.1) is 11.8 Å². The Morgan fingerprint density at radius 3 is 2.85 bits per heavy atom. The summed E-state index contributed by atoms with van der Waals surface area (Å²) in [6.45, 7) is 9.13. The molecule has 2 saturated heterocycles. The zero-order chi connectivity index (χ0) is 14.4. The molecule has 110 valence electrons. The summed E-state index contributed by atoms with van der Waals surface area (Å²) in [6.07, 6.45) is 1.74. The molecular formula is C14H21ClN4O. The molecule has 1 N–H and O–H groups in total. The van der Waals surface area contributed by atoms with Gasteiger partial charge in [-0.15, -0.1) is 0 Å². The first-order valence-electron chi connectivity index (χ1n) is 7.25. The van der Waals surface area contributed by atoms with Gasteiger partial charge in [-0.25, -0.2) is 4.68 Å². The molecule has 3 heterocycles. The van der Waals surface area contributed by atoms with Crippen LogP contribution in [-0.4, -0.2) is 35.5 Å². The van der Waals surface area contributed by atoms with Crippen molar-refractivity contribution in [2.75, 3.05) is 24.5 Å². The third-order valence-electron chi connectivity index (χ3n) is 4.66. The average molecular weight is 297 g/mol. The highest BCUT2D eigenvalue weighted by atomic mass is 35.5. The molecule has 3 unspecified atom stereocenters. The van der Waals surface area contributed by atoms with E-state index in [1.807, 2.05) is 13.8 Å². The quantitative estimate of drug-likeness (QED) is 0.899. The Bertz CT molecular complexity index is 571. The summed E-state index contributed by atoms with van der Waals surface area (Å²) >= 11 is 6.31. The van der Waals surface area contributed by atoms with Crippen LogP contribution in [0.15, 0.2) is 11.0 Å². The number of hydrogen-bond acceptors (Lipinski definition) is 4. The van der Waals surface area contributed by atoms with Gasteiger partial charge < -0.3 is 10.2 Å². The standard InChI is InChI=1S/C14H21ClN4O/c1-8(2)19-14(20)13(15)12(6-17-19)18-7-10-4-16-5-11(10)9(18)3/h6,8-11,16H,4-5,7H2,1-3H3. The lowest BCUT2D eigenvalue weighted by Crippen LogP contribution is -2.35. The summed E-state index contributed by atoms with van der Waals surface area (Å²) in [6, 6.07) is 0.414. The molecule has 3 rings (SSSR count). The fourth-order valence-electron chi connectivity index (χ4n) is 3.49. The zero-order valence-corrected chi connectivity index (χ0v) is 12.9. The Morgan fingerprint density at radius 1 is 1.45 bits per heavy atom. The largest absolute Gasteiger partial charge is 0.365 e. The van der Waals surface area contributed by atoms with E-state index in [2.05, 4.69) is 22.2 Å². The van der Waals surface area contributed by atoms with Crippen molar-refractivity contribution in [2.45, 2.75) is 32.9 Å². The topological polar surface area (TPSA) is 50.2 Å². The second-order valence-corrected chi connectivity index (χ2v) is 6.54. The zero-order valence-electron chi connectivity index (χ0n) is 12.1. The van der Waals surface area contributed by atoms with Crippen LogP contribution < -0.4 is 15.8 Å². The summed E-state index contributed by atoms with van der Waals surface area (Å²) in [7, 11) is 0. The van der Waals surface area contributed by atoms with Crippen LogP contribution in [0.3, 0.4) is 0 Å². The number of halogens is 1. The summed E-state index contributed by atoms with van der Waals surface area (Å²) in [5.41, 5.74) is 0.594. The van der Waals surface area contributed by atoms with Crippen molar-refractivity contribution < 1.29 is 0 Å². The first kappa shape index (κ1) is 13.9. The van der Waals surface area contributed by atoms with Crippen molar-refractivity contribution in [2.24, 2.45) is 11.8 Å². The van der Waals surface area contributed by atoms with Crippen molar-refractivity contribution in [3.8, 4) is 0 Å². The van der Waals surface area contributed by atoms with Gasteiger partial charge in [0, 0.05) is 25.7 Å². The molecular weight excluding hydrogens is 276 g/mol. The number of nitrogens with zero attached hydrogens (tertiary/aromatic N) is 3. The van der Waals surface area contributed by atoms with E-state index in [9.17, 15) is 4.79 Å². The maximum atomic E-state index is 12.3. The SMILES string of the molecule is CC1C2CNCC2CN1c1cnn(C(C)C)c(=O)c1Cl. The molecule has 5 nitrogen and oxygen atoms in total. The van der Waals surface area contributed by atoms with Gasteiger partial charge in [0.25, 0.3) is 5.56 Å². The molecule has 2 aliphatic heterocycles. The fourth-order valence-corrected chi connectivity index (χ4v) is 3.73. The molecule has 0 saturated carbocycles. The van der Waals surface area contributed by atoms with Gasteiger partial charge in [0.2, 0.25) is 0 Å². The van der Waals surface area contributed by atoms with Crippen LogP contribution in [0.25, 0.3) is 0 Å². The van der Waals surface area contributed by atoms with Gasteiger partial charge in [-0.2, -0.15) is 5.10 Å². The summed E-state index contributed by atoms with van der Waals surface area (Å²) < 4.78 is 1.44. The molecule has 0 spiro atoms. The van der Waals surface area contributed by atoms with Gasteiger partial charge in [0.15, 0.2) is 0 Å². The van der Waals surface area contributed by atoms with Crippen molar-refractivity contribution in [1.82, 2.24) is 15.1 Å². The van der Waals surface area contributed by atoms with E-state index in [1.165, 1.54) is 4.68 Å². The maximum Gasteiger partial charge on any atom is 0.287 e. The highest BCUT2D eigenvalue weighted by molar-refractivity contribution is 6.33. The molecule has 0 radical (unpaired) electrons. The third kappa shape index (κ3) is 2.04. The maximum absolute atomic E-state index is 12.3. The van der Waals surface area contributed by atoms with Crippen LogP contribution in [0.4, 0.5) is 5.69 Å². The Kier molecular flexibility index (Phi) is 3.50. The van der Waals surface area contributed by atoms with Gasteiger partial charge in [-0.3, -0.25) is 4.79 Å². The summed E-state index contributed by atoms with van der Waals surface area (Å²) in [5, 5.41) is 8.01. The predicted molar refractivity (Wildman–Crippen MR) is 80.5 cm³/mol. The first-order valence-corrected chi connectivity index (χ1v) is 7.63. The number of anilines is 1. The Morgan fingerprint density at radius 2 is 2.20 bits per heavy atom. The normalized spacial score (nSPS) is 29.2. The number of nitrogens with one attached hydrogen (secondary N) is 1. The lowest BCUT2D eigenvalue weighted by atomic mass is 9.95. The minimum atomic E-state index is -0.193. The third-order valence-corrected chi connectivity index (χ3v) is 5.01. The molecule has 0 bridgehead atoms. The molecule has 1 aromatic rings. The van der Waals surface area contributed by atoms with E-state index >= 15 is 0 Å². The van der Waals surface area contributed by atoms with E-state index in [0.717, 1.165) is 25.3 Å².